The number of carboxylic acid groups (broad SMARTS) is 1. The summed E-state index contributed by atoms with van der Waals surface area (Å²) in [5, 5.41) is 11.8. The zero-order chi connectivity index (χ0) is 10.1. The third-order valence-electron chi connectivity index (χ3n) is 2.22. The number of hydrogen-bond donors (Lipinski definition) is 2. The summed E-state index contributed by atoms with van der Waals surface area (Å²) in [4.78, 5) is 10.7. The smallest absolute Gasteiger partial charge is 0.321 e. The van der Waals surface area contributed by atoms with Crippen molar-refractivity contribution in [2.24, 2.45) is 0 Å². The van der Waals surface area contributed by atoms with Crippen LogP contribution in [0.15, 0.2) is 16.7 Å². The highest BCUT2D eigenvalue weighted by Gasteiger charge is 2.32. The van der Waals surface area contributed by atoms with E-state index in [-0.39, 0.29) is 5.37 Å². The van der Waals surface area contributed by atoms with Crippen molar-refractivity contribution in [3.63, 3.8) is 0 Å². The molecule has 0 amide bonds. The Bertz CT molecular complexity index is 350. The second-order valence-corrected chi connectivity index (χ2v) is 4.38. The van der Waals surface area contributed by atoms with Crippen molar-refractivity contribution in [3.05, 3.63) is 23.7 Å². The maximum atomic E-state index is 10.7. The van der Waals surface area contributed by atoms with Crippen molar-refractivity contribution in [2.75, 3.05) is 5.75 Å². The van der Waals surface area contributed by atoms with E-state index in [0.717, 1.165) is 11.3 Å². The lowest BCUT2D eigenvalue weighted by Gasteiger charge is -2.08. The van der Waals surface area contributed by atoms with Crippen LogP contribution in [0.4, 0.5) is 0 Å². The summed E-state index contributed by atoms with van der Waals surface area (Å²) in [5.74, 6) is 0.614. The highest BCUT2D eigenvalue weighted by atomic mass is 32.2. The molecule has 0 radical (unpaired) electrons. The van der Waals surface area contributed by atoms with Crippen LogP contribution in [0.3, 0.4) is 0 Å². The van der Waals surface area contributed by atoms with E-state index in [1.165, 1.54) is 0 Å². The average Bonchev–Trinajstić information content (AvgIpc) is 2.71. The number of aryl methyl sites for hydroxylation is 1. The lowest BCUT2D eigenvalue weighted by atomic mass is 10.2. The summed E-state index contributed by atoms with van der Waals surface area (Å²) in [7, 11) is 0. The van der Waals surface area contributed by atoms with Crippen molar-refractivity contribution in [1.82, 2.24) is 5.32 Å². The predicted octanol–water partition coefficient (Wildman–Crippen LogP) is 1.38. The predicted molar refractivity (Wildman–Crippen MR) is 53.2 cm³/mol. The standard InChI is InChI=1S/C9H11NO3S/c1-5-2-3-13-7(5)8-10-6(4-14-8)9(11)12/h2-3,6,8,10H,4H2,1H3,(H,11,12). The van der Waals surface area contributed by atoms with E-state index in [2.05, 4.69) is 5.32 Å². The fourth-order valence-electron chi connectivity index (χ4n) is 1.42. The van der Waals surface area contributed by atoms with Crippen LogP contribution in [-0.4, -0.2) is 22.9 Å². The molecule has 2 atom stereocenters. The normalized spacial score (nSPS) is 26.6. The van der Waals surface area contributed by atoms with Gasteiger partial charge in [-0.25, -0.2) is 0 Å². The molecule has 2 unspecified atom stereocenters. The molecule has 2 rings (SSSR count). The number of nitrogens with one attached hydrogen (secondary N) is 1. The first-order chi connectivity index (χ1) is 6.68. The van der Waals surface area contributed by atoms with E-state index in [9.17, 15) is 4.79 Å². The fraction of sp³-hybridized carbons (Fsp3) is 0.444. The molecule has 1 aliphatic heterocycles. The zero-order valence-electron chi connectivity index (χ0n) is 7.69. The molecule has 5 heteroatoms. The van der Waals surface area contributed by atoms with Gasteiger partial charge in [0.2, 0.25) is 0 Å². The van der Waals surface area contributed by atoms with Crippen LogP contribution in [-0.2, 0) is 4.79 Å². The summed E-state index contributed by atoms with van der Waals surface area (Å²) in [6.45, 7) is 1.95. The molecule has 0 bridgehead atoms. The summed E-state index contributed by atoms with van der Waals surface area (Å²) in [6.07, 6.45) is 1.63. The van der Waals surface area contributed by atoms with Gasteiger partial charge in [0.05, 0.1) is 6.26 Å². The van der Waals surface area contributed by atoms with Crippen molar-refractivity contribution in [3.8, 4) is 0 Å². The molecule has 4 nitrogen and oxygen atoms in total. The van der Waals surface area contributed by atoms with E-state index < -0.39 is 12.0 Å². The molecule has 2 N–H and O–H groups in total. The highest BCUT2D eigenvalue weighted by molar-refractivity contribution is 7.99. The largest absolute Gasteiger partial charge is 0.480 e. The second kappa shape index (κ2) is 3.67. The Balaban J connectivity index is 2.10. The first-order valence-corrected chi connectivity index (χ1v) is 5.38. The van der Waals surface area contributed by atoms with Gasteiger partial charge in [-0.2, -0.15) is 0 Å². The van der Waals surface area contributed by atoms with Crippen LogP contribution in [0, 0.1) is 6.92 Å². The number of carbonyl (C=O) groups is 1. The minimum absolute atomic E-state index is 0.0221. The lowest BCUT2D eigenvalue weighted by molar-refractivity contribution is -0.138. The number of rotatable bonds is 2. The van der Waals surface area contributed by atoms with Gasteiger partial charge >= 0.3 is 5.97 Å². The van der Waals surface area contributed by atoms with Gasteiger partial charge in [0.15, 0.2) is 0 Å². The molecule has 1 aliphatic rings. The minimum Gasteiger partial charge on any atom is -0.480 e. The van der Waals surface area contributed by atoms with Gasteiger partial charge in [-0.3, -0.25) is 10.1 Å². The van der Waals surface area contributed by atoms with Crippen molar-refractivity contribution in [2.45, 2.75) is 18.3 Å². The molecular weight excluding hydrogens is 202 g/mol. The van der Waals surface area contributed by atoms with E-state index in [1.54, 1.807) is 18.0 Å². The lowest BCUT2D eigenvalue weighted by Crippen LogP contribution is -2.33. The monoisotopic (exact) mass is 213 g/mol. The molecule has 2 heterocycles. The molecular formula is C9H11NO3S. The topological polar surface area (TPSA) is 62.5 Å². The molecule has 1 fully saturated rings. The van der Waals surface area contributed by atoms with E-state index in [1.807, 2.05) is 13.0 Å². The molecule has 0 saturated carbocycles. The third-order valence-corrected chi connectivity index (χ3v) is 3.43. The van der Waals surface area contributed by atoms with Crippen LogP contribution in [0.2, 0.25) is 0 Å². The molecule has 76 valence electrons. The molecule has 0 aliphatic carbocycles. The summed E-state index contributed by atoms with van der Waals surface area (Å²) in [5.41, 5.74) is 1.06. The summed E-state index contributed by atoms with van der Waals surface area (Å²) in [6, 6.07) is 1.42. The van der Waals surface area contributed by atoms with E-state index in [0.29, 0.717) is 5.75 Å². The van der Waals surface area contributed by atoms with Gasteiger partial charge in [0, 0.05) is 5.75 Å². The molecule has 1 saturated heterocycles. The van der Waals surface area contributed by atoms with Gasteiger partial charge in [-0.05, 0) is 18.6 Å². The van der Waals surface area contributed by atoms with Crippen molar-refractivity contribution >= 4 is 17.7 Å². The SMILES string of the molecule is Cc1ccoc1C1NC(C(=O)O)CS1. The molecule has 1 aromatic rings. The Morgan fingerprint density at radius 3 is 3.07 bits per heavy atom. The zero-order valence-corrected chi connectivity index (χ0v) is 8.50. The van der Waals surface area contributed by atoms with Gasteiger partial charge < -0.3 is 9.52 Å². The Labute approximate surface area is 85.7 Å². The van der Waals surface area contributed by atoms with E-state index >= 15 is 0 Å². The van der Waals surface area contributed by atoms with Gasteiger partial charge in [0.25, 0.3) is 0 Å². The number of aliphatic carboxylic acids is 1. The number of hydrogen-bond acceptors (Lipinski definition) is 4. The Morgan fingerprint density at radius 1 is 1.79 bits per heavy atom. The number of furan rings is 1. The van der Waals surface area contributed by atoms with Crippen LogP contribution in [0.1, 0.15) is 16.7 Å². The molecule has 14 heavy (non-hydrogen) atoms. The Kier molecular flexibility index (Phi) is 2.52. The van der Waals surface area contributed by atoms with Gasteiger partial charge in [-0.1, -0.05) is 0 Å². The Hall–Kier alpha value is -0.940. The Morgan fingerprint density at radius 2 is 2.57 bits per heavy atom. The van der Waals surface area contributed by atoms with Crippen molar-refractivity contribution < 1.29 is 14.3 Å². The van der Waals surface area contributed by atoms with Crippen molar-refractivity contribution in [1.29, 1.82) is 0 Å². The van der Waals surface area contributed by atoms with Crippen LogP contribution >= 0.6 is 11.8 Å². The van der Waals surface area contributed by atoms with E-state index in [4.69, 9.17) is 9.52 Å². The van der Waals surface area contributed by atoms with Crippen LogP contribution in [0.25, 0.3) is 0 Å². The molecule has 1 aromatic heterocycles. The average molecular weight is 213 g/mol. The highest BCUT2D eigenvalue weighted by Crippen LogP contribution is 2.34. The molecule has 0 aromatic carbocycles. The minimum atomic E-state index is -0.802. The first-order valence-electron chi connectivity index (χ1n) is 4.33. The maximum Gasteiger partial charge on any atom is 0.321 e. The summed E-state index contributed by atoms with van der Waals surface area (Å²) >= 11 is 1.56. The number of thioether (sulfide) groups is 1. The van der Waals surface area contributed by atoms with Gasteiger partial charge in [0.1, 0.15) is 17.2 Å². The summed E-state index contributed by atoms with van der Waals surface area (Å²) < 4.78 is 5.30. The second-order valence-electron chi connectivity index (χ2n) is 3.24. The van der Waals surface area contributed by atoms with Crippen LogP contribution < -0.4 is 5.32 Å². The first kappa shape index (κ1) is 9.61. The van der Waals surface area contributed by atoms with Gasteiger partial charge in [-0.15, -0.1) is 11.8 Å². The quantitative estimate of drug-likeness (QED) is 0.777. The fourth-order valence-corrected chi connectivity index (χ4v) is 2.70. The third kappa shape index (κ3) is 1.65. The molecule has 0 spiro atoms. The number of carboxylic acids is 1. The maximum absolute atomic E-state index is 10.7. The van der Waals surface area contributed by atoms with Crippen LogP contribution in [0.5, 0.6) is 0 Å².